The lowest BCUT2D eigenvalue weighted by Crippen LogP contribution is -1.86. The first-order chi connectivity index (χ1) is 7.29. The second-order valence-electron chi connectivity index (χ2n) is 3.08. The van der Waals surface area contributed by atoms with Crippen LogP contribution in [0.25, 0.3) is 10.6 Å². The minimum absolute atomic E-state index is 0.560. The Balaban J connectivity index is 2.25. The van der Waals surface area contributed by atoms with Crippen molar-refractivity contribution in [3.8, 4) is 10.6 Å². The fourth-order valence-corrected chi connectivity index (χ4v) is 2.18. The Hall–Kier alpha value is -0.900. The predicted molar refractivity (Wildman–Crippen MR) is 63.3 cm³/mol. The van der Waals surface area contributed by atoms with Gasteiger partial charge < -0.3 is 4.74 Å². The van der Waals surface area contributed by atoms with Crippen LogP contribution < -0.4 is 0 Å². The summed E-state index contributed by atoms with van der Waals surface area (Å²) in [5.74, 6) is 0. The van der Waals surface area contributed by atoms with E-state index >= 15 is 0 Å². The van der Waals surface area contributed by atoms with Crippen LogP contribution in [0, 0.1) is 0 Å². The summed E-state index contributed by atoms with van der Waals surface area (Å²) in [5, 5.41) is 3.75. The van der Waals surface area contributed by atoms with E-state index in [1.54, 1.807) is 18.4 Å². The monoisotopic (exact) mass is 239 g/mol. The van der Waals surface area contributed by atoms with Gasteiger partial charge in [-0.1, -0.05) is 23.7 Å². The predicted octanol–water partition coefficient (Wildman–Crippen LogP) is 3.61. The van der Waals surface area contributed by atoms with Crippen LogP contribution >= 0.6 is 22.9 Å². The number of benzene rings is 1. The van der Waals surface area contributed by atoms with Crippen molar-refractivity contribution in [1.82, 2.24) is 4.98 Å². The lowest BCUT2D eigenvalue weighted by molar-refractivity contribution is 0.182. The molecule has 0 unspecified atom stereocenters. The van der Waals surface area contributed by atoms with Crippen LogP contribution in [0.5, 0.6) is 0 Å². The summed E-state index contributed by atoms with van der Waals surface area (Å²) in [6, 6.07) is 7.68. The molecule has 15 heavy (non-hydrogen) atoms. The molecule has 1 aromatic heterocycles. The maximum absolute atomic E-state index is 5.82. The van der Waals surface area contributed by atoms with E-state index in [0.29, 0.717) is 6.61 Å². The van der Waals surface area contributed by atoms with E-state index in [1.165, 1.54) is 0 Å². The van der Waals surface area contributed by atoms with Gasteiger partial charge in [-0.2, -0.15) is 0 Å². The van der Waals surface area contributed by atoms with Crippen molar-refractivity contribution >= 4 is 22.9 Å². The SMILES string of the molecule is COCc1csc(-c2ccc(Cl)cc2)n1. The first kappa shape index (κ1) is 10.6. The molecular formula is C11H10ClNOS. The van der Waals surface area contributed by atoms with Crippen LogP contribution in [0.15, 0.2) is 29.6 Å². The molecule has 1 aromatic carbocycles. The van der Waals surface area contributed by atoms with Gasteiger partial charge in [-0.3, -0.25) is 0 Å². The van der Waals surface area contributed by atoms with Crippen LogP contribution in [0.3, 0.4) is 0 Å². The largest absolute Gasteiger partial charge is 0.378 e. The second-order valence-corrected chi connectivity index (χ2v) is 4.38. The molecule has 0 aliphatic rings. The molecule has 0 radical (unpaired) electrons. The highest BCUT2D eigenvalue weighted by Gasteiger charge is 2.03. The molecule has 0 aliphatic carbocycles. The summed E-state index contributed by atoms with van der Waals surface area (Å²) >= 11 is 7.43. The maximum Gasteiger partial charge on any atom is 0.123 e. The lowest BCUT2D eigenvalue weighted by Gasteiger charge is -1.95. The van der Waals surface area contributed by atoms with Gasteiger partial charge in [-0.05, 0) is 12.1 Å². The first-order valence-electron chi connectivity index (χ1n) is 4.49. The molecule has 0 atom stereocenters. The fraction of sp³-hybridized carbons (Fsp3) is 0.182. The topological polar surface area (TPSA) is 22.1 Å². The number of aromatic nitrogens is 1. The molecule has 78 valence electrons. The normalized spacial score (nSPS) is 10.5. The van der Waals surface area contributed by atoms with Crippen molar-refractivity contribution in [2.75, 3.05) is 7.11 Å². The molecule has 2 aromatic rings. The van der Waals surface area contributed by atoms with Gasteiger partial charge in [0.2, 0.25) is 0 Å². The van der Waals surface area contributed by atoms with Gasteiger partial charge in [-0.15, -0.1) is 11.3 Å². The van der Waals surface area contributed by atoms with E-state index in [9.17, 15) is 0 Å². The Labute approximate surface area is 97.5 Å². The molecule has 0 N–H and O–H groups in total. The Morgan fingerprint density at radius 1 is 1.33 bits per heavy atom. The molecule has 0 saturated carbocycles. The molecule has 0 bridgehead atoms. The molecule has 2 rings (SSSR count). The zero-order valence-electron chi connectivity index (χ0n) is 8.24. The van der Waals surface area contributed by atoms with Gasteiger partial charge in [0.15, 0.2) is 0 Å². The maximum atomic E-state index is 5.82. The fourth-order valence-electron chi connectivity index (χ4n) is 1.25. The number of hydrogen-bond donors (Lipinski definition) is 0. The summed E-state index contributed by atoms with van der Waals surface area (Å²) in [7, 11) is 1.67. The molecular weight excluding hydrogens is 230 g/mol. The van der Waals surface area contributed by atoms with Crippen LogP contribution in [0.2, 0.25) is 5.02 Å². The summed E-state index contributed by atoms with van der Waals surface area (Å²) < 4.78 is 5.02. The van der Waals surface area contributed by atoms with Gasteiger partial charge in [0.05, 0.1) is 12.3 Å². The van der Waals surface area contributed by atoms with Gasteiger partial charge in [0, 0.05) is 23.1 Å². The third kappa shape index (κ3) is 2.56. The Bertz CT molecular complexity index is 438. The molecule has 0 fully saturated rings. The Morgan fingerprint density at radius 2 is 2.07 bits per heavy atom. The minimum atomic E-state index is 0.560. The van der Waals surface area contributed by atoms with Crippen molar-refractivity contribution in [2.45, 2.75) is 6.61 Å². The van der Waals surface area contributed by atoms with Gasteiger partial charge in [0.1, 0.15) is 5.01 Å². The van der Waals surface area contributed by atoms with E-state index in [-0.39, 0.29) is 0 Å². The molecule has 0 amide bonds. The Morgan fingerprint density at radius 3 is 2.73 bits per heavy atom. The molecule has 4 heteroatoms. The second kappa shape index (κ2) is 4.75. The third-order valence-electron chi connectivity index (χ3n) is 1.94. The lowest BCUT2D eigenvalue weighted by atomic mass is 10.2. The molecule has 0 saturated heterocycles. The van der Waals surface area contributed by atoms with E-state index in [0.717, 1.165) is 21.3 Å². The summed E-state index contributed by atoms with van der Waals surface area (Å²) in [4.78, 5) is 4.45. The van der Waals surface area contributed by atoms with E-state index in [4.69, 9.17) is 16.3 Å². The van der Waals surface area contributed by atoms with Gasteiger partial charge in [0.25, 0.3) is 0 Å². The number of halogens is 1. The summed E-state index contributed by atoms with van der Waals surface area (Å²) in [6.45, 7) is 0.560. The van der Waals surface area contributed by atoms with Crippen molar-refractivity contribution in [2.24, 2.45) is 0 Å². The minimum Gasteiger partial charge on any atom is -0.378 e. The average Bonchev–Trinajstić information content (AvgIpc) is 2.68. The number of nitrogens with zero attached hydrogens (tertiary/aromatic N) is 1. The zero-order chi connectivity index (χ0) is 10.7. The number of rotatable bonds is 3. The van der Waals surface area contributed by atoms with Crippen LogP contribution in [-0.4, -0.2) is 12.1 Å². The van der Waals surface area contributed by atoms with Crippen molar-refractivity contribution in [3.05, 3.63) is 40.4 Å². The zero-order valence-corrected chi connectivity index (χ0v) is 9.81. The standard InChI is InChI=1S/C11H10ClNOS/c1-14-6-10-7-15-11(13-10)8-2-4-9(12)5-3-8/h2-5,7H,6H2,1H3. The quantitative estimate of drug-likeness (QED) is 0.816. The van der Waals surface area contributed by atoms with Crippen LogP contribution in [0.4, 0.5) is 0 Å². The Kier molecular flexibility index (Phi) is 3.36. The average molecular weight is 240 g/mol. The molecule has 0 spiro atoms. The van der Waals surface area contributed by atoms with Gasteiger partial charge >= 0.3 is 0 Å². The van der Waals surface area contributed by atoms with E-state index in [2.05, 4.69) is 4.98 Å². The van der Waals surface area contributed by atoms with Crippen molar-refractivity contribution < 1.29 is 4.74 Å². The highest BCUT2D eigenvalue weighted by atomic mass is 35.5. The highest BCUT2D eigenvalue weighted by molar-refractivity contribution is 7.13. The van der Waals surface area contributed by atoms with Gasteiger partial charge in [-0.25, -0.2) is 4.98 Å². The third-order valence-corrected chi connectivity index (χ3v) is 3.13. The van der Waals surface area contributed by atoms with E-state index in [1.807, 2.05) is 29.6 Å². The number of hydrogen-bond acceptors (Lipinski definition) is 3. The summed E-state index contributed by atoms with van der Waals surface area (Å²) in [6.07, 6.45) is 0. The first-order valence-corrected chi connectivity index (χ1v) is 5.74. The number of methoxy groups -OCH3 is 1. The van der Waals surface area contributed by atoms with Crippen LogP contribution in [0.1, 0.15) is 5.69 Å². The van der Waals surface area contributed by atoms with E-state index < -0.39 is 0 Å². The van der Waals surface area contributed by atoms with Crippen LogP contribution in [-0.2, 0) is 11.3 Å². The molecule has 0 aliphatic heterocycles. The number of thiazole rings is 1. The molecule has 1 heterocycles. The number of ether oxygens (including phenoxy) is 1. The smallest absolute Gasteiger partial charge is 0.123 e. The van der Waals surface area contributed by atoms with Crippen molar-refractivity contribution in [1.29, 1.82) is 0 Å². The van der Waals surface area contributed by atoms with Crippen molar-refractivity contribution in [3.63, 3.8) is 0 Å². The summed E-state index contributed by atoms with van der Waals surface area (Å²) in [5.41, 5.74) is 2.05. The molecule has 2 nitrogen and oxygen atoms in total. The highest BCUT2D eigenvalue weighted by Crippen LogP contribution is 2.25.